The summed E-state index contributed by atoms with van der Waals surface area (Å²) < 4.78 is 6.27. The fraction of sp³-hybridized carbons (Fsp3) is 0.625. The number of nitrogens with one attached hydrogen (secondary N) is 1. The molecular weight excluding hydrogens is 186 g/mol. The Morgan fingerprint density at radius 3 is 3.00 bits per heavy atom. The van der Waals surface area contributed by atoms with Gasteiger partial charge >= 0.3 is 11.1 Å². The summed E-state index contributed by atoms with van der Waals surface area (Å²) in [7, 11) is 0. The molecule has 1 N–H and O–H groups in total. The lowest BCUT2D eigenvalue weighted by Crippen LogP contribution is -2.37. The van der Waals surface area contributed by atoms with Gasteiger partial charge in [-0.3, -0.25) is 14.2 Å². The number of nitrogens with zero attached hydrogens (tertiary/aromatic N) is 2. The van der Waals surface area contributed by atoms with E-state index >= 15 is 0 Å². The van der Waals surface area contributed by atoms with Gasteiger partial charge in [-0.15, -0.1) is 0 Å². The molecule has 0 unspecified atom stereocenters. The standard InChI is InChI=1S/C8H12N3O3/c1-2-4-14-5-3-11-6-9-10-7(12)8(11)13/h2-5H2,1H3,(H,10,12). The van der Waals surface area contributed by atoms with Gasteiger partial charge in [0.05, 0.1) is 13.2 Å². The number of hydrogen-bond donors (Lipinski definition) is 1. The quantitative estimate of drug-likeness (QED) is 0.494. The van der Waals surface area contributed by atoms with Crippen LogP contribution in [-0.2, 0) is 11.3 Å². The third kappa shape index (κ3) is 2.81. The normalized spacial score (nSPS) is 10.4. The zero-order valence-corrected chi connectivity index (χ0v) is 7.95. The molecule has 6 nitrogen and oxygen atoms in total. The number of aromatic amines is 1. The van der Waals surface area contributed by atoms with Gasteiger partial charge in [0.2, 0.25) is 6.33 Å². The molecule has 14 heavy (non-hydrogen) atoms. The summed E-state index contributed by atoms with van der Waals surface area (Å²) in [5.41, 5.74) is -1.39. The Morgan fingerprint density at radius 2 is 2.29 bits per heavy atom. The Morgan fingerprint density at radius 1 is 1.50 bits per heavy atom. The molecule has 0 aliphatic rings. The van der Waals surface area contributed by atoms with E-state index < -0.39 is 11.1 Å². The van der Waals surface area contributed by atoms with Crippen molar-refractivity contribution in [1.29, 1.82) is 0 Å². The highest BCUT2D eigenvalue weighted by atomic mass is 16.5. The van der Waals surface area contributed by atoms with Crippen LogP contribution in [0.15, 0.2) is 9.59 Å². The van der Waals surface area contributed by atoms with Crippen molar-refractivity contribution in [2.24, 2.45) is 0 Å². The van der Waals surface area contributed by atoms with Gasteiger partial charge in [-0.1, -0.05) is 6.92 Å². The Hall–Kier alpha value is -1.43. The first kappa shape index (κ1) is 10.6. The van der Waals surface area contributed by atoms with Crippen molar-refractivity contribution in [2.75, 3.05) is 13.2 Å². The van der Waals surface area contributed by atoms with Gasteiger partial charge in [0.1, 0.15) is 0 Å². The minimum atomic E-state index is -0.737. The zero-order valence-electron chi connectivity index (χ0n) is 7.95. The van der Waals surface area contributed by atoms with Crippen LogP contribution in [0.5, 0.6) is 0 Å². The van der Waals surface area contributed by atoms with Crippen LogP contribution in [-0.4, -0.2) is 28.0 Å². The van der Waals surface area contributed by atoms with Crippen LogP contribution >= 0.6 is 0 Å². The number of hydrogen-bond acceptors (Lipinski definition) is 4. The first-order valence-corrected chi connectivity index (χ1v) is 4.40. The maximum absolute atomic E-state index is 11.1. The van der Waals surface area contributed by atoms with E-state index in [1.807, 2.05) is 12.0 Å². The Balaban J connectivity index is 2.55. The SMILES string of the molecule is CCCOCCn1[c]n[nH]c(=O)c1=O. The van der Waals surface area contributed by atoms with Gasteiger partial charge in [-0.05, 0) is 6.42 Å². The molecule has 1 aromatic heterocycles. The lowest BCUT2D eigenvalue weighted by atomic mass is 10.5. The molecule has 1 aromatic rings. The average molecular weight is 198 g/mol. The molecule has 0 aromatic carbocycles. The molecule has 0 amide bonds. The van der Waals surface area contributed by atoms with Crippen molar-refractivity contribution in [3.8, 4) is 0 Å². The maximum atomic E-state index is 11.1. The third-order valence-electron chi connectivity index (χ3n) is 1.58. The van der Waals surface area contributed by atoms with Crippen molar-refractivity contribution < 1.29 is 4.74 Å². The Bertz CT molecular complexity index is 382. The van der Waals surface area contributed by atoms with Crippen LogP contribution in [0.1, 0.15) is 13.3 Å². The second-order valence-electron chi connectivity index (χ2n) is 2.72. The van der Waals surface area contributed by atoms with Gasteiger partial charge in [-0.2, -0.15) is 5.10 Å². The van der Waals surface area contributed by atoms with Gasteiger partial charge in [0.25, 0.3) is 0 Å². The van der Waals surface area contributed by atoms with E-state index in [-0.39, 0.29) is 0 Å². The molecule has 0 saturated carbocycles. The summed E-state index contributed by atoms with van der Waals surface area (Å²) in [6.45, 7) is 3.32. The first-order valence-electron chi connectivity index (χ1n) is 4.40. The largest absolute Gasteiger partial charge is 0.380 e. The highest BCUT2D eigenvalue weighted by Crippen LogP contribution is 1.81. The van der Waals surface area contributed by atoms with Gasteiger partial charge in [0.15, 0.2) is 0 Å². The molecule has 1 radical (unpaired) electrons. The smallest absolute Gasteiger partial charge is 0.330 e. The van der Waals surface area contributed by atoms with E-state index in [4.69, 9.17) is 4.74 Å². The van der Waals surface area contributed by atoms with Crippen molar-refractivity contribution in [1.82, 2.24) is 14.8 Å². The van der Waals surface area contributed by atoms with E-state index in [1.165, 1.54) is 0 Å². The summed E-state index contributed by atoms with van der Waals surface area (Å²) in [6, 6.07) is 0. The molecule has 0 aliphatic heterocycles. The fourth-order valence-electron chi connectivity index (χ4n) is 0.906. The molecule has 0 atom stereocenters. The van der Waals surface area contributed by atoms with Crippen LogP contribution in [0.25, 0.3) is 0 Å². The molecule has 0 fully saturated rings. The number of ether oxygens (including phenoxy) is 1. The van der Waals surface area contributed by atoms with Crippen molar-refractivity contribution in [2.45, 2.75) is 19.9 Å². The fourth-order valence-corrected chi connectivity index (χ4v) is 0.906. The Labute approximate surface area is 80.5 Å². The molecule has 77 valence electrons. The van der Waals surface area contributed by atoms with E-state index in [2.05, 4.69) is 11.4 Å². The zero-order chi connectivity index (χ0) is 10.4. The molecule has 6 heteroatoms. The van der Waals surface area contributed by atoms with E-state index in [0.717, 1.165) is 11.0 Å². The molecule has 0 bridgehead atoms. The van der Waals surface area contributed by atoms with Crippen molar-refractivity contribution in [3.63, 3.8) is 0 Å². The predicted molar refractivity (Wildman–Crippen MR) is 49.1 cm³/mol. The van der Waals surface area contributed by atoms with Crippen LogP contribution in [0.3, 0.4) is 0 Å². The molecule has 0 aliphatic carbocycles. The summed E-state index contributed by atoms with van der Waals surface area (Å²) >= 11 is 0. The van der Waals surface area contributed by atoms with Gasteiger partial charge in [-0.25, -0.2) is 5.10 Å². The van der Waals surface area contributed by atoms with Crippen LogP contribution in [0.4, 0.5) is 0 Å². The predicted octanol–water partition coefficient (Wildman–Crippen LogP) is -0.842. The maximum Gasteiger partial charge on any atom is 0.330 e. The summed E-state index contributed by atoms with van der Waals surface area (Å²) in [6.07, 6.45) is 3.30. The van der Waals surface area contributed by atoms with Crippen molar-refractivity contribution >= 4 is 0 Å². The highest BCUT2D eigenvalue weighted by Gasteiger charge is 1.99. The lowest BCUT2D eigenvalue weighted by molar-refractivity contribution is 0.125. The van der Waals surface area contributed by atoms with E-state index in [1.54, 1.807) is 0 Å². The number of aromatic nitrogens is 3. The average Bonchev–Trinajstić information content (AvgIpc) is 2.19. The van der Waals surface area contributed by atoms with E-state index in [0.29, 0.717) is 19.8 Å². The van der Waals surface area contributed by atoms with Crippen molar-refractivity contribution in [3.05, 3.63) is 27.0 Å². The van der Waals surface area contributed by atoms with Crippen LogP contribution in [0, 0.1) is 6.33 Å². The number of rotatable bonds is 5. The summed E-state index contributed by atoms with van der Waals surface area (Å²) in [5, 5.41) is 5.40. The molecule has 0 saturated heterocycles. The van der Waals surface area contributed by atoms with Gasteiger partial charge < -0.3 is 4.74 Å². The summed E-state index contributed by atoms with van der Waals surface area (Å²) in [4.78, 5) is 21.9. The lowest BCUT2D eigenvalue weighted by Gasteiger charge is -2.03. The topological polar surface area (TPSA) is 77.0 Å². The van der Waals surface area contributed by atoms with Crippen LogP contribution < -0.4 is 11.1 Å². The van der Waals surface area contributed by atoms with Gasteiger partial charge in [0, 0.05) is 6.61 Å². The molecular formula is C8H12N3O3. The second kappa shape index (κ2) is 5.33. The second-order valence-corrected chi connectivity index (χ2v) is 2.72. The number of H-pyrrole nitrogens is 1. The molecule has 0 spiro atoms. The highest BCUT2D eigenvalue weighted by molar-refractivity contribution is 4.72. The first-order chi connectivity index (χ1) is 6.75. The minimum Gasteiger partial charge on any atom is -0.380 e. The van der Waals surface area contributed by atoms with E-state index in [9.17, 15) is 9.59 Å². The Kier molecular flexibility index (Phi) is 4.06. The molecule has 1 heterocycles. The molecule has 1 rings (SSSR count). The third-order valence-corrected chi connectivity index (χ3v) is 1.58. The van der Waals surface area contributed by atoms with Crippen LogP contribution in [0.2, 0.25) is 0 Å². The minimum absolute atomic E-state index is 0.301. The summed E-state index contributed by atoms with van der Waals surface area (Å²) in [5.74, 6) is 0. The monoisotopic (exact) mass is 198 g/mol.